The summed E-state index contributed by atoms with van der Waals surface area (Å²) in [7, 11) is 0. The van der Waals surface area contributed by atoms with Crippen LogP contribution in [0.1, 0.15) is 46.5 Å². The second kappa shape index (κ2) is 3.42. The van der Waals surface area contributed by atoms with Crippen LogP contribution in [-0.2, 0) is 0 Å². The van der Waals surface area contributed by atoms with Crippen molar-refractivity contribution in [3.8, 4) is 0 Å². The van der Waals surface area contributed by atoms with Crippen molar-refractivity contribution >= 4 is 0 Å². The van der Waals surface area contributed by atoms with Crippen LogP contribution < -0.4 is 0 Å². The lowest BCUT2D eigenvalue weighted by Gasteiger charge is -2.21. The first kappa shape index (κ1) is 9.76. The smallest absolute Gasteiger partial charge is 0.00160 e. The number of rotatable bonds is 0. The fourth-order valence-electron chi connectivity index (χ4n) is 2.68. The van der Waals surface area contributed by atoms with Crippen LogP contribution in [0, 0.1) is 5.41 Å². The predicted molar refractivity (Wildman–Crippen MR) is 62.2 cm³/mol. The Labute approximate surface area is 87.4 Å². The first-order valence-corrected chi connectivity index (χ1v) is 5.69. The highest BCUT2D eigenvalue weighted by molar-refractivity contribution is 5.43. The third kappa shape index (κ3) is 2.00. The van der Waals surface area contributed by atoms with Crippen LogP contribution >= 0.6 is 0 Å². The van der Waals surface area contributed by atoms with Gasteiger partial charge in [0.05, 0.1) is 0 Å². The van der Waals surface area contributed by atoms with Crippen molar-refractivity contribution in [3.63, 3.8) is 0 Å². The molecule has 0 spiro atoms. The zero-order chi connectivity index (χ0) is 10.2. The Balaban J connectivity index is 2.41. The molecule has 14 heavy (non-hydrogen) atoms. The van der Waals surface area contributed by atoms with Crippen LogP contribution in [-0.4, -0.2) is 0 Å². The van der Waals surface area contributed by atoms with E-state index in [-0.39, 0.29) is 5.41 Å². The van der Waals surface area contributed by atoms with Gasteiger partial charge in [0.2, 0.25) is 0 Å². The quantitative estimate of drug-likeness (QED) is 0.528. The number of allylic oxidation sites excluding steroid dienone is 6. The zero-order valence-electron chi connectivity index (χ0n) is 9.56. The summed E-state index contributed by atoms with van der Waals surface area (Å²) in [4.78, 5) is 0. The first-order chi connectivity index (χ1) is 6.57. The fourth-order valence-corrected chi connectivity index (χ4v) is 2.68. The Hall–Kier alpha value is -0.780. The van der Waals surface area contributed by atoms with Crippen molar-refractivity contribution in [1.82, 2.24) is 0 Å². The van der Waals surface area contributed by atoms with E-state index < -0.39 is 0 Å². The molecule has 2 rings (SSSR count). The lowest BCUT2D eigenvalue weighted by atomic mass is 9.84. The van der Waals surface area contributed by atoms with Crippen LogP contribution in [0.25, 0.3) is 0 Å². The van der Waals surface area contributed by atoms with Gasteiger partial charge in [0.15, 0.2) is 0 Å². The Morgan fingerprint density at radius 2 is 1.64 bits per heavy atom. The summed E-state index contributed by atoms with van der Waals surface area (Å²) in [6.45, 7) is 6.82. The topological polar surface area (TPSA) is 0 Å². The maximum Gasteiger partial charge on any atom is 0.00160 e. The van der Waals surface area contributed by atoms with Gasteiger partial charge in [-0.2, -0.15) is 0 Å². The highest BCUT2D eigenvalue weighted by atomic mass is 14.2. The second-order valence-corrected chi connectivity index (χ2v) is 5.26. The lowest BCUT2D eigenvalue weighted by Crippen LogP contribution is -2.06. The summed E-state index contributed by atoms with van der Waals surface area (Å²) >= 11 is 0. The van der Waals surface area contributed by atoms with Gasteiger partial charge >= 0.3 is 0 Å². The van der Waals surface area contributed by atoms with E-state index in [0.29, 0.717) is 0 Å². The SMILES string of the molecule is CC1=CC(C)(C)C=C2CCCCC2=C1. The number of fused-ring (bicyclic) bond motifs is 1. The molecule has 0 bridgehead atoms. The normalized spacial score (nSPS) is 25.5. The molecule has 0 nitrogen and oxygen atoms in total. The van der Waals surface area contributed by atoms with Gasteiger partial charge in [-0.15, -0.1) is 0 Å². The summed E-state index contributed by atoms with van der Waals surface area (Å²) < 4.78 is 0. The van der Waals surface area contributed by atoms with E-state index in [2.05, 4.69) is 39.0 Å². The van der Waals surface area contributed by atoms with Crippen molar-refractivity contribution in [3.05, 3.63) is 34.9 Å². The molecule has 0 heteroatoms. The highest BCUT2D eigenvalue weighted by Gasteiger charge is 2.20. The van der Waals surface area contributed by atoms with Gasteiger partial charge in [-0.1, -0.05) is 37.6 Å². The summed E-state index contributed by atoms with van der Waals surface area (Å²) in [5.74, 6) is 0. The van der Waals surface area contributed by atoms with E-state index in [1.54, 1.807) is 11.1 Å². The first-order valence-electron chi connectivity index (χ1n) is 5.69. The Morgan fingerprint density at radius 1 is 1.00 bits per heavy atom. The highest BCUT2D eigenvalue weighted by Crippen LogP contribution is 2.36. The molecule has 0 saturated heterocycles. The van der Waals surface area contributed by atoms with Crippen molar-refractivity contribution in [2.24, 2.45) is 5.41 Å². The van der Waals surface area contributed by atoms with Gasteiger partial charge in [-0.05, 0) is 43.8 Å². The third-order valence-electron chi connectivity index (χ3n) is 3.10. The fraction of sp³-hybridized carbons (Fsp3) is 0.571. The van der Waals surface area contributed by atoms with Crippen molar-refractivity contribution in [1.29, 1.82) is 0 Å². The molecule has 0 radical (unpaired) electrons. The molecule has 76 valence electrons. The van der Waals surface area contributed by atoms with Gasteiger partial charge in [0.25, 0.3) is 0 Å². The minimum Gasteiger partial charge on any atom is -0.0721 e. The van der Waals surface area contributed by atoms with Gasteiger partial charge in [-0.25, -0.2) is 0 Å². The minimum absolute atomic E-state index is 0.245. The van der Waals surface area contributed by atoms with Gasteiger partial charge in [0.1, 0.15) is 0 Å². The summed E-state index contributed by atoms with van der Waals surface area (Å²) in [6.07, 6.45) is 12.6. The molecule has 0 unspecified atom stereocenters. The summed E-state index contributed by atoms with van der Waals surface area (Å²) in [5, 5.41) is 0. The molecule has 2 aliphatic rings. The van der Waals surface area contributed by atoms with Crippen LogP contribution in [0.15, 0.2) is 34.9 Å². The molecule has 0 aromatic carbocycles. The third-order valence-corrected chi connectivity index (χ3v) is 3.10. The average molecular weight is 188 g/mol. The lowest BCUT2D eigenvalue weighted by molar-refractivity contribution is 0.603. The maximum absolute atomic E-state index is 2.47. The zero-order valence-corrected chi connectivity index (χ0v) is 9.56. The van der Waals surface area contributed by atoms with Crippen molar-refractivity contribution in [2.75, 3.05) is 0 Å². The molecule has 0 atom stereocenters. The van der Waals surface area contributed by atoms with Crippen LogP contribution in [0.4, 0.5) is 0 Å². The van der Waals surface area contributed by atoms with E-state index in [0.717, 1.165) is 0 Å². The molecule has 0 amide bonds. The minimum atomic E-state index is 0.245. The van der Waals surface area contributed by atoms with Crippen LogP contribution in [0.5, 0.6) is 0 Å². The van der Waals surface area contributed by atoms with Crippen LogP contribution in [0.3, 0.4) is 0 Å². The van der Waals surface area contributed by atoms with Crippen molar-refractivity contribution < 1.29 is 0 Å². The van der Waals surface area contributed by atoms with Gasteiger partial charge < -0.3 is 0 Å². The maximum atomic E-state index is 2.47. The van der Waals surface area contributed by atoms with E-state index in [1.807, 2.05) is 0 Å². The van der Waals surface area contributed by atoms with Crippen LogP contribution in [0.2, 0.25) is 0 Å². The molecular weight excluding hydrogens is 168 g/mol. The monoisotopic (exact) mass is 188 g/mol. The molecular formula is C14H20. The molecule has 0 aromatic heterocycles. The standard InChI is InChI=1S/C14H20/c1-11-8-12-6-4-5-7-13(12)10-14(2,3)9-11/h8-10H,4-7H2,1-3H3. The average Bonchev–Trinajstić information content (AvgIpc) is 2.16. The molecule has 0 aromatic rings. The van der Waals surface area contributed by atoms with Gasteiger partial charge in [0, 0.05) is 5.41 Å². The molecule has 0 aliphatic heterocycles. The van der Waals surface area contributed by atoms with E-state index in [1.165, 1.54) is 31.3 Å². The van der Waals surface area contributed by atoms with E-state index >= 15 is 0 Å². The second-order valence-electron chi connectivity index (χ2n) is 5.26. The summed E-state index contributed by atoms with van der Waals surface area (Å²) in [5.41, 5.74) is 4.87. The molecule has 0 heterocycles. The van der Waals surface area contributed by atoms with Crippen molar-refractivity contribution in [2.45, 2.75) is 46.5 Å². The largest absolute Gasteiger partial charge is 0.0721 e. The van der Waals surface area contributed by atoms with E-state index in [4.69, 9.17) is 0 Å². The van der Waals surface area contributed by atoms with Gasteiger partial charge in [-0.3, -0.25) is 0 Å². The Morgan fingerprint density at radius 3 is 2.36 bits per heavy atom. The van der Waals surface area contributed by atoms with E-state index in [9.17, 15) is 0 Å². The molecule has 2 aliphatic carbocycles. The summed E-state index contributed by atoms with van der Waals surface area (Å²) in [6, 6.07) is 0. The molecule has 0 N–H and O–H groups in total. The predicted octanol–water partition coefficient (Wildman–Crippen LogP) is 4.40. The number of hydrogen-bond donors (Lipinski definition) is 0. The molecule has 1 saturated carbocycles. The molecule has 1 fully saturated rings. The Bertz CT molecular complexity index is 324. The Kier molecular flexibility index (Phi) is 2.38. The number of hydrogen-bond acceptors (Lipinski definition) is 0.